The Morgan fingerprint density at radius 3 is 1.95 bits per heavy atom. The first-order valence-electron chi connectivity index (χ1n) is 13.2. The van der Waals surface area contributed by atoms with Crippen LogP contribution in [0, 0.1) is 6.92 Å². The maximum absolute atomic E-state index is 14.2. The third-order valence-electron chi connectivity index (χ3n) is 7.61. The Balaban J connectivity index is 1.83. The third-order valence-corrected chi connectivity index (χ3v) is 7.61. The molecule has 43 heavy (non-hydrogen) atoms. The van der Waals surface area contributed by atoms with E-state index < -0.39 is 40.8 Å². The van der Waals surface area contributed by atoms with E-state index in [1.54, 1.807) is 12.1 Å². The topological polar surface area (TPSA) is 69.7 Å². The van der Waals surface area contributed by atoms with E-state index in [9.17, 15) is 36.3 Å². The molecule has 0 fully saturated rings. The van der Waals surface area contributed by atoms with E-state index in [0.717, 1.165) is 34.9 Å². The van der Waals surface area contributed by atoms with E-state index in [1.165, 1.54) is 13.0 Å². The standard InChI is InChI=1S/C33H27F5O5/c1-4-28(39)42-16-14-31(15-17-43-29(40)5-2)26-9-7-6-8-23(26)24-13-11-21(18-27(24)31)30(41)25-19-22(12-10-20(25)3)32(34,35)33(36,37)38/h4-13,18-19H,1-2,14-17H2,3H3. The minimum Gasteiger partial charge on any atom is -0.462 e. The van der Waals surface area contributed by atoms with Crippen LogP contribution >= 0.6 is 0 Å². The van der Waals surface area contributed by atoms with E-state index >= 15 is 0 Å². The van der Waals surface area contributed by atoms with Gasteiger partial charge in [-0.15, -0.1) is 0 Å². The summed E-state index contributed by atoms with van der Waals surface area (Å²) in [6, 6.07) is 14.4. The molecule has 0 heterocycles. The van der Waals surface area contributed by atoms with Crippen LogP contribution in [0.3, 0.4) is 0 Å². The van der Waals surface area contributed by atoms with Crippen LogP contribution in [0.15, 0.2) is 86.0 Å². The van der Waals surface area contributed by atoms with Crippen molar-refractivity contribution in [3.05, 3.63) is 119 Å². The van der Waals surface area contributed by atoms with Gasteiger partial charge in [-0.3, -0.25) is 4.79 Å². The minimum absolute atomic E-state index is 0.0534. The fraction of sp³-hybridized carbons (Fsp3) is 0.242. The van der Waals surface area contributed by atoms with Gasteiger partial charge in [0.05, 0.1) is 13.2 Å². The molecule has 0 N–H and O–H groups in total. The van der Waals surface area contributed by atoms with Crippen LogP contribution in [0.1, 0.15) is 51.0 Å². The van der Waals surface area contributed by atoms with Crippen molar-refractivity contribution in [2.24, 2.45) is 0 Å². The molecule has 0 atom stereocenters. The summed E-state index contributed by atoms with van der Waals surface area (Å²) in [5.41, 5.74) is 0.709. The smallest absolute Gasteiger partial charge is 0.458 e. The van der Waals surface area contributed by atoms with Crippen molar-refractivity contribution in [2.75, 3.05) is 13.2 Å². The summed E-state index contributed by atoms with van der Waals surface area (Å²) in [6.07, 6.45) is -3.38. The molecule has 4 rings (SSSR count). The van der Waals surface area contributed by atoms with Crippen LogP contribution in [0.4, 0.5) is 22.0 Å². The van der Waals surface area contributed by atoms with Crippen molar-refractivity contribution in [1.29, 1.82) is 0 Å². The lowest BCUT2D eigenvalue weighted by Crippen LogP contribution is -2.33. The van der Waals surface area contributed by atoms with Gasteiger partial charge in [0.1, 0.15) is 0 Å². The van der Waals surface area contributed by atoms with E-state index in [2.05, 4.69) is 13.2 Å². The lowest BCUT2D eigenvalue weighted by molar-refractivity contribution is -0.289. The summed E-state index contributed by atoms with van der Waals surface area (Å²) in [7, 11) is 0. The molecule has 0 aromatic heterocycles. The summed E-state index contributed by atoms with van der Waals surface area (Å²) in [6.45, 7) is 8.12. The molecule has 1 aliphatic carbocycles. The normalized spacial score (nSPS) is 13.4. The number of halogens is 5. The first-order chi connectivity index (χ1) is 20.3. The molecule has 0 saturated carbocycles. The Bertz CT molecular complexity index is 1580. The molecule has 0 amide bonds. The number of ketones is 1. The second kappa shape index (κ2) is 11.9. The lowest BCUT2D eigenvalue weighted by atomic mass is 9.72. The Kier molecular flexibility index (Phi) is 8.71. The van der Waals surface area contributed by atoms with Gasteiger partial charge in [0.25, 0.3) is 0 Å². The number of ether oxygens (including phenoxy) is 2. The monoisotopic (exact) mass is 598 g/mol. The van der Waals surface area contributed by atoms with Crippen molar-refractivity contribution in [1.82, 2.24) is 0 Å². The van der Waals surface area contributed by atoms with Gasteiger partial charge in [-0.05, 0) is 59.7 Å². The zero-order valence-electron chi connectivity index (χ0n) is 23.1. The minimum atomic E-state index is -5.84. The number of aryl methyl sites for hydroxylation is 1. The largest absolute Gasteiger partial charge is 0.462 e. The first kappa shape index (κ1) is 31.3. The number of alkyl halides is 5. The number of rotatable bonds is 11. The second-order valence-corrected chi connectivity index (χ2v) is 10.1. The van der Waals surface area contributed by atoms with Crippen molar-refractivity contribution in [3.63, 3.8) is 0 Å². The Labute approximate surface area is 244 Å². The summed E-state index contributed by atoms with van der Waals surface area (Å²) in [5, 5.41) is 0. The molecule has 10 heteroatoms. The van der Waals surface area contributed by atoms with Gasteiger partial charge in [0, 0.05) is 34.3 Å². The predicted octanol–water partition coefficient (Wildman–Crippen LogP) is 7.39. The lowest BCUT2D eigenvalue weighted by Gasteiger charge is -2.32. The van der Waals surface area contributed by atoms with E-state index in [4.69, 9.17) is 9.47 Å². The van der Waals surface area contributed by atoms with Crippen LogP contribution in [-0.2, 0) is 30.4 Å². The maximum Gasteiger partial charge on any atom is 0.458 e. The fourth-order valence-electron chi connectivity index (χ4n) is 5.41. The SMILES string of the molecule is C=CC(=O)OCCC1(CCOC(=O)C=C)c2ccccc2-c2ccc(C(=O)c3cc(C(F)(F)C(F)(F)F)ccc3C)cc21. The Morgan fingerprint density at radius 2 is 1.37 bits per heavy atom. The maximum atomic E-state index is 14.2. The number of carbonyl (C=O) groups is 3. The van der Waals surface area contributed by atoms with Crippen LogP contribution in [-0.4, -0.2) is 37.1 Å². The molecule has 5 nitrogen and oxygen atoms in total. The number of carbonyl (C=O) groups excluding carboxylic acids is 3. The zero-order valence-corrected chi connectivity index (χ0v) is 23.1. The molecular formula is C33H27F5O5. The van der Waals surface area contributed by atoms with Crippen LogP contribution < -0.4 is 0 Å². The first-order valence-corrected chi connectivity index (χ1v) is 13.2. The van der Waals surface area contributed by atoms with Crippen molar-refractivity contribution in [2.45, 2.75) is 37.3 Å². The molecule has 224 valence electrons. The molecule has 3 aromatic carbocycles. The van der Waals surface area contributed by atoms with Crippen molar-refractivity contribution in [3.8, 4) is 11.1 Å². The van der Waals surface area contributed by atoms with Gasteiger partial charge in [0.15, 0.2) is 5.78 Å². The quantitative estimate of drug-likeness (QED) is 0.0997. The Morgan fingerprint density at radius 1 is 0.791 bits per heavy atom. The Hall–Kier alpha value is -4.60. The molecule has 3 aromatic rings. The molecular weight excluding hydrogens is 571 g/mol. The highest BCUT2D eigenvalue weighted by molar-refractivity contribution is 6.10. The molecule has 0 saturated heterocycles. The highest BCUT2D eigenvalue weighted by atomic mass is 19.4. The average Bonchev–Trinajstić information content (AvgIpc) is 3.25. The molecule has 0 radical (unpaired) electrons. The number of fused-ring (bicyclic) bond motifs is 3. The third kappa shape index (κ3) is 5.86. The summed E-state index contributed by atoms with van der Waals surface area (Å²) >= 11 is 0. The van der Waals surface area contributed by atoms with Gasteiger partial charge >= 0.3 is 24.0 Å². The van der Waals surface area contributed by atoms with Gasteiger partial charge in [-0.25, -0.2) is 9.59 Å². The zero-order chi connectivity index (χ0) is 31.6. The van der Waals surface area contributed by atoms with Crippen LogP contribution in [0.5, 0.6) is 0 Å². The van der Waals surface area contributed by atoms with E-state index in [1.807, 2.05) is 24.3 Å². The van der Waals surface area contributed by atoms with Gasteiger partial charge in [-0.2, -0.15) is 22.0 Å². The summed E-state index contributed by atoms with van der Waals surface area (Å²) in [4.78, 5) is 37.3. The fourth-order valence-corrected chi connectivity index (χ4v) is 5.41. The highest BCUT2D eigenvalue weighted by Gasteiger charge is 2.58. The summed E-state index contributed by atoms with van der Waals surface area (Å²) < 4.78 is 78.1. The van der Waals surface area contributed by atoms with Crippen molar-refractivity contribution < 1.29 is 45.8 Å². The molecule has 0 bridgehead atoms. The van der Waals surface area contributed by atoms with Crippen LogP contribution in [0.25, 0.3) is 11.1 Å². The average molecular weight is 599 g/mol. The molecule has 0 unspecified atom stereocenters. The van der Waals surface area contributed by atoms with Crippen molar-refractivity contribution >= 4 is 17.7 Å². The number of benzene rings is 3. The van der Waals surface area contributed by atoms with Crippen LogP contribution in [0.2, 0.25) is 0 Å². The molecule has 0 aliphatic heterocycles. The van der Waals surface area contributed by atoms with Gasteiger partial charge in [0.2, 0.25) is 0 Å². The van der Waals surface area contributed by atoms with Gasteiger partial charge in [-0.1, -0.05) is 61.7 Å². The van der Waals surface area contributed by atoms with E-state index in [0.29, 0.717) is 17.7 Å². The number of esters is 2. The highest BCUT2D eigenvalue weighted by Crippen LogP contribution is 2.53. The predicted molar refractivity (Wildman–Crippen MR) is 149 cm³/mol. The van der Waals surface area contributed by atoms with E-state index in [-0.39, 0.29) is 42.7 Å². The number of hydrogen-bond donors (Lipinski definition) is 0. The molecule has 1 aliphatic rings. The number of hydrogen-bond acceptors (Lipinski definition) is 5. The molecule has 0 spiro atoms. The van der Waals surface area contributed by atoms with Gasteiger partial charge < -0.3 is 9.47 Å². The second-order valence-electron chi connectivity index (χ2n) is 10.1. The summed E-state index contributed by atoms with van der Waals surface area (Å²) in [5.74, 6) is -7.19.